The second-order valence-electron chi connectivity index (χ2n) is 4.21. The van der Waals surface area contributed by atoms with Gasteiger partial charge in [0, 0.05) is 18.4 Å². The highest BCUT2D eigenvalue weighted by Crippen LogP contribution is 2.33. The van der Waals surface area contributed by atoms with E-state index in [0.29, 0.717) is 5.15 Å². The van der Waals surface area contributed by atoms with Gasteiger partial charge in [-0.25, -0.2) is 4.98 Å². The standard InChI is InChI=1S/C13H12ClN3S2/c1-8-9(12(14)17(2)16-8)7-18-13-15-10-5-3-4-6-11(10)19-13/h3-6H,7H2,1-2H3. The molecule has 0 aliphatic carbocycles. The van der Waals surface area contributed by atoms with Gasteiger partial charge < -0.3 is 0 Å². The zero-order valence-corrected chi connectivity index (χ0v) is 12.9. The molecule has 0 aliphatic heterocycles. The molecule has 0 bridgehead atoms. The molecule has 2 aromatic heterocycles. The second kappa shape index (κ2) is 5.15. The van der Waals surface area contributed by atoms with Gasteiger partial charge in [-0.15, -0.1) is 11.3 Å². The summed E-state index contributed by atoms with van der Waals surface area (Å²) in [6.07, 6.45) is 0. The summed E-state index contributed by atoms with van der Waals surface area (Å²) in [5.41, 5.74) is 3.14. The van der Waals surface area contributed by atoms with Crippen LogP contribution in [0.4, 0.5) is 0 Å². The van der Waals surface area contributed by atoms with Crippen LogP contribution in [0, 0.1) is 6.92 Å². The largest absolute Gasteiger partial charge is 0.257 e. The molecule has 19 heavy (non-hydrogen) atoms. The molecule has 3 nitrogen and oxygen atoms in total. The molecular weight excluding hydrogens is 298 g/mol. The molecule has 2 heterocycles. The molecule has 0 amide bonds. The molecule has 0 atom stereocenters. The van der Waals surface area contributed by atoms with E-state index >= 15 is 0 Å². The molecule has 3 aromatic rings. The summed E-state index contributed by atoms with van der Waals surface area (Å²) < 4.78 is 4.00. The van der Waals surface area contributed by atoms with Crippen LogP contribution in [-0.4, -0.2) is 14.8 Å². The van der Waals surface area contributed by atoms with E-state index in [1.807, 2.05) is 32.2 Å². The van der Waals surface area contributed by atoms with Gasteiger partial charge >= 0.3 is 0 Å². The maximum Gasteiger partial charge on any atom is 0.151 e. The van der Waals surface area contributed by atoms with Crippen LogP contribution < -0.4 is 0 Å². The van der Waals surface area contributed by atoms with E-state index in [4.69, 9.17) is 11.6 Å². The van der Waals surface area contributed by atoms with Crippen LogP contribution in [0.25, 0.3) is 10.2 Å². The Balaban J connectivity index is 1.82. The predicted octanol–water partition coefficient (Wildman–Crippen LogP) is 4.28. The number of thiazole rings is 1. The molecule has 0 spiro atoms. The number of nitrogens with zero attached hydrogens (tertiary/aromatic N) is 3. The minimum atomic E-state index is 0.714. The summed E-state index contributed by atoms with van der Waals surface area (Å²) >= 11 is 9.66. The van der Waals surface area contributed by atoms with Gasteiger partial charge in [-0.05, 0) is 19.1 Å². The van der Waals surface area contributed by atoms with Crippen molar-refractivity contribution in [2.24, 2.45) is 7.05 Å². The number of aromatic nitrogens is 3. The number of hydrogen-bond donors (Lipinski definition) is 0. The molecule has 3 rings (SSSR count). The molecule has 6 heteroatoms. The number of thioether (sulfide) groups is 1. The first-order chi connectivity index (χ1) is 9.15. The monoisotopic (exact) mass is 309 g/mol. The highest BCUT2D eigenvalue weighted by atomic mass is 35.5. The van der Waals surface area contributed by atoms with Crippen molar-refractivity contribution in [1.29, 1.82) is 0 Å². The highest BCUT2D eigenvalue weighted by Gasteiger charge is 2.12. The van der Waals surface area contributed by atoms with Crippen molar-refractivity contribution in [2.45, 2.75) is 17.0 Å². The van der Waals surface area contributed by atoms with Crippen molar-refractivity contribution in [3.63, 3.8) is 0 Å². The van der Waals surface area contributed by atoms with Gasteiger partial charge in [-0.2, -0.15) is 5.10 Å². The van der Waals surface area contributed by atoms with Crippen LogP contribution in [0.2, 0.25) is 5.15 Å². The third-order valence-electron chi connectivity index (χ3n) is 2.88. The molecule has 0 saturated heterocycles. The van der Waals surface area contributed by atoms with E-state index in [1.165, 1.54) is 4.70 Å². The van der Waals surface area contributed by atoms with Crippen LogP contribution in [0.3, 0.4) is 0 Å². The van der Waals surface area contributed by atoms with Gasteiger partial charge in [0.15, 0.2) is 4.34 Å². The maximum atomic E-state index is 6.23. The third kappa shape index (κ3) is 2.50. The number of fused-ring (bicyclic) bond motifs is 1. The SMILES string of the molecule is Cc1nn(C)c(Cl)c1CSc1nc2ccccc2s1. The van der Waals surface area contributed by atoms with Gasteiger partial charge in [-0.1, -0.05) is 35.5 Å². The van der Waals surface area contributed by atoms with Gasteiger partial charge in [0.25, 0.3) is 0 Å². The normalized spacial score (nSPS) is 11.3. The molecule has 0 fully saturated rings. The van der Waals surface area contributed by atoms with E-state index in [0.717, 1.165) is 26.9 Å². The Hall–Kier alpha value is -1.04. The first-order valence-corrected chi connectivity index (χ1v) is 7.99. The van der Waals surface area contributed by atoms with Crippen molar-refractivity contribution in [1.82, 2.24) is 14.8 Å². The Kier molecular flexibility index (Phi) is 3.52. The lowest BCUT2D eigenvalue weighted by Crippen LogP contribution is -1.89. The summed E-state index contributed by atoms with van der Waals surface area (Å²) in [5, 5.41) is 5.03. The van der Waals surface area contributed by atoms with Gasteiger partial charge in [0.05, 0.1) is 15.9 Å². The Morgan fingerprint density at radius 2 is 2.16 bits per heavy atom. The lowest BCUT2D eigenvalue weighted by atomic mass is 10.3. The fourth-order valence-electron chi connectivity index (χ4n) is 1.88. The summed E-state index contributed by atoms with van der Waals surface area (Å²) in [4.78, 5) is 4.61. The van der Waals surface area contributed by atoms with E-state index < -0.39 is 0 Å². The lowest BCUT2D eigenvalue weighted by Gasteiger charge is -1.97. The van der Waals surface area contributed by atoms with Gasteiger partial charge in [0.2, 0.25) is 0 Å². The summed E-state index contributed by atoms with van der Waals surface area (Å²) in [6.45, 7) is 1.99. The summed E-state index contributed by atoms with van der Waals surface area (Å²) in [6, 6.07) is 8.19. The smallest absolute Gasteiger partial charge is 0.151 e. The number of hydrogen-bond acceptors (Lipinski definition) is 4. The van der Waals surface area contributed by atoms with E-state index in [9.17, 15) is 0 Å². The molecule has 0 unspecified atom stereocenters. The number of benzene rings is 1. The van der Waals surface area contributed by atoms with Crippen molar-refractivity contribution in [2.75, 3.05) is 0 Å². The Morgan fingerprint density at radius 3 is 2.84 bits per heavy atom. The fourth-order valence-corrected chi connectivity index (χ4v) is 4.36. The first kappa shape index (κ1) is 13.0. The minimum absolute atomic E-state index is 0.714. The quantitative estimate of drug-likeness (QED) is 0.676. The van der Waals surface area contributed by atoms with Gasteiger partial charge in [0.1, 0.15) is 5.15 Å². The molecular formula is C13H12ClN3S2. The molecule has 0 aliphatic rings. The number of para-hydroxylation sites is 1. The Bertz CT molecular complexity index is 700. The highest BCUT2D eigenvalue weighted by molar-refractivity contribution is 8.00. The van der Waals surface area contributed by atoms with Crippen LogP contribution in [-0.2, 0) is 12.8 Å². The zero-order chi connectivity index (χ0) is 13.4. The average molecular weight is 310 g/mol. The summed E-state index contributed by atoms with van der Waals surface area (Å²) in [7, 11) is 1.86. The first-order valence-electron chi connectivity index (χ1n) is 5.81. The van der Waals surface area contributed by atoms with Crippen molar-refractivity contribution >= 4 is 44.9 Å². The Labute approximate surface area is 124 Å². The zero-order valence-electron chi connectivity index (χ0n) is 10.6. The molecule has 0 N–H and O–H groups in total. The second-order valence-corrected chi connectivity index (χ2v) is 6.83. The van der Waals surface area contributed by atoms with Crippen LogP contribution >= 0.6 is 34.7 Å². The molecule has 0 saturated carbocycles. The van der Waals surface area contributed by atoms with Gasteiger partial charge in [-0.3, -0.25) is 4.68 Å². The fraction of sp³-hybridized carbons (Fsp3) is 0.231. The van der Waals surface area contributed by atoms with Crippen molar-refractivity contribution < 1.29 is 0 Å². The van der Waals surface area contributed by atoms with Crippen molar-refractivity contribution in [3.8, 4) is 0 Å². The molecule has 0 radical (unpaired) electrons. The van der Waals surface area contributed by atoms with E-state index in [-0.39, 0.29) is 0 Å². The number of aryl methyl sites for hydroxylation is 2. The molecule has 1 aromatic carbocycles. The third-order valence-corrected chi connectivity index (χ3v) is 5.56. The number of rotatable bonds is 3. The number of halogens is 1. The van der Waals surface area contributed by atoms with E-state index in [2.05, 4.69) is 16.1 Å². The maximum absolute atomic E-state index is 6.23. The molecule has 98 valence electrons. The van der Waals surface area contributed by atoms with Crippen molar-refractivity contribution in [3.05, 3.63) is 40.7 Å². The Morgan fingerprint density at radius 1 is 1.37 bits per heavy atom. The summed E-state index contributed by atoms with van der Waals surface area (Å²) in [5.74, 6) is 0.804. The van der Waals surface area contributed by atoms with Crippen LogP contribution in [0.5, 0.6) is 0 Å². The minimum Gasteiger partial charge on any atom is -0.257 e. The van der Waals surface area contributed by atoms with E-state index in [1.54, 1.807) is 27.8 Å². The van der Waals surface area contributed by atoms with Crippen LogP contribution in [0.15, 0.2) is 28.6 Å². The topological polar surface area (TPSA) is 30.7 Å². The lowest BCUT2D eigenvalue weighted by molar-refractivity contribution is 0.757. The predicted molar refractivity (Wildman–Crippen MR) is 82.1 cm³/mol. The van der Waals surface area contributed by atoms with Crippen LogP contribution in [0.1, 0.15) is 11.3 Å². The average Bonchev–Trinajstić information content (AvgIpc) is 2.90.